The highest BCUT2D eigenvalue weighted by Gasteiger charge is 2.27. The van der Waals surface area contributed by atoms with Gasteiger partial charge in [0.05, 0.1) is 12.2 Å². The lowest BCUT2D eigenvalue weighted by molar-refractivity contribution is 0.0728. The van der Waals surface area contributed by atoms with Gasteiger partial charge in [-0.05, 0) is 72.6 Å². The number of halogens is 4. The summed E-state index contributed by atoms with van der Waals surface area (Å²) in [5.41, 5.74) is 0.166. The highest BCUT2D eigenvalue weighted by atomic mass is 19.2. The molecule has 0 spiro atoms. The van der Waals surface area contributed by atoms with E-state index in [1.54, 1.807) is 0 Å². The van der Waals surface area contributed by atoms with Gasteiger partial charge < -0.3 is 9.47 Å². The van der Waals surface area contributed by atoms with E-state index < -0.39 is 34.8 Å². The molecule has 3 aromatic carbocycles. The summed E-state index contributed by atoms with van der Waals surface area (Å²) in [7, 11) is 0. The number of esters is 1. The van der Waals surface area contributed by atoms with Gasteiger partial charge >= 0.3 is 5.97 Å². The number of hydrogen-bond donors (Lipinski definition) is 0. The Balaban J connectivity index is 1.42. The molecule has 0 N–H and O–H groups in total. The molecule has 0 bridgehead atoms. The quantitative estimate of drug-likeness (QED) is 0.111. The van der Waals surface area contributed by atoms with E-state index in [9.17, 15) is 22.4 Å². The molecule has 1 fully saturated rings. The summed E-state index contributed by atoms with van der Waals surface area (Å²) in [6.07, 6.45) is 7.33. The van der Waals surface area contributed by atoms with Crippen molar-refractivity contribution in [3.05, 3.63) is 82.9 Å². The van der Waals surface area contributed by atoms with Crippen LogP contribution in [0.3, 0.4) is 0 Å². The molecule has 1 aliphatic carbocycles. The predicted octanol–water partition coefficient (Wildman–Crippen LogP) is 9.38. The summed E-state index contributed by atoms with van der Waals surface area (Å²) < 4.78 is 69.6. The lowest BCUT2D eigenvalue weighted by Gasteiger charge is -2.27. The zero-order valence-corrected chi connectivity index (χ0v) is 22.4. The standard InChI is InChI=1S/C32H34F4O3/c1-3-4-5-6-19-38-27-18-17-25(29(34)31(27)36)22-11-13-23(14-12-22)39-32(37)26-16-15-24(28(33)30(26)35)21-9-7-20(2)8-10-21/h11-18,20-21H,3-10,19H2,1-2H3. The molecule has 7 heteroatoms. The molecular weight excluding hydrogens is 508 g/mol. The smallest absolute Gasteiger partial charge is 0.346 e. The molecule has 1 saturated carbocycles. The summed E-state index contributed by atoms with van der Waals surface area (Å²) in [6.45, 7) is 4.54. The summed E-state index contributed by atoms with van der Waals surface area (Å²) in [6, 6.07) is 11.2. The van der Waals surface area contributed by atoms with Gasteiger partial charge in [-0.2, -0.15) is 4.39 Å². The Morgan fingerprint density at radius 2 is 1.51 bits per heavy atom. The number of carbonyl (C=O) groups is 1. The molecule has 4 rings (SSSR count). The van der Waals surface area contributed by atoms with Crippen molar-refractivity contribution in [2.24, 2.45) is 5.92 Å². The van der Waals surface area contributed by atoms with Crippen molar-refractivity contribution in [2.45, 2.75) is 71.1 Å². The average Bonchev–Trinajstić information content (AvgIpc) is 2.93. The van der Waals surface area contributed by atoms with Gasteiger partial charge in [-0.1, -0.05) is 64.2 Å². The van der Waals surface area contributed by atoms with E-state index in [-0.39, 0.29) is 23.0 Å². The van der Waals surface area contributed by atoms with Crippen molar-refractivity contribution in [3.63, 3.8) is 0 Å². The first-order valence-electron chi connectivity index (χ1n) is 13.7. The van der Waals surface area contributed by atoms with Gasteiger partial charge in [0.15, 0.2) is 23.2 Å². The number of rotatable bonds is 10. The SMILES string of the molecule is CCCCCCOc1ccc(-c2ccc(OC(=O)c3ccc(C4CCC(C)CC4)c(F)c3F)cc2)c(F)c1F. The van der Waals surface area contributed by atoms with Crippen LogP contribution in [0.15, 0.2) is 48.5 Å². The molecule has 39 heavy (non-hydrogen) atoms. The predicted molar refractivity (Wildman–Crippen MR) is 143 cm³/mol. The second-order valence-electron chi connectivity index (χ2n) is 10.3. The summed E-state index contributed by atoms with van der Waals surface area (Å²) in [5, 5.41) is 0. The van der Waals surface area contributed by atoms with E-state index in [1.807, 2.05) is 0 Å². The minimum absolute atomic E-state index is 0.0181. The third kappa shape index (κ3) is 6.81. The minimum atomic E-state index is -1.22. The molecule has 3 nitrogen and oxygen atoms in total. The average molecular weight is 543 g/mol. The lowest BCUT2D eigenvalue weighted by atomic mass is 9.79. The number of benzene rings is 3. The summed E-state index contributed by atoms with van der Waals surface area (Å²) in [5.74, 6) is -4.96. The molecule has 1 aliphatic rings. The summed E-state index contributed by atoms with van der Waals surface area (Å²) in [4.78, 5) is 12.6. The molecule has 0 aromatic heterocycles. The largest absolute Gasteiger partial charge is 0.490 e. The second-order valence-corrected chi connectivity index (χ2v) is 10.3. The Morgan fingerprint density at radius 3 is 2.21 bits per heavy atom. The van der Waals surface area contributed by atoms with Crippen LogP contribution in [0.25, 0.3) is 11.1 Å². The topological polar surface area (TPSA) is 35.5 Å². The zero-order valence-electron chi connectivity index (χ0n) is 22.4. The Kier molecular flexibility index (Phi) is 9.65. The van der Waals surface area contributed by atoms with Crippen molar-refractivity contribution in [3.8, 4) is 22.6 Å². The highest BCUT2D eigenvalue weighted by molar-refractivity contribution is 5.91. The molecule has 0 saturated heterocycles. The van der Waals surface area contributed by atoms with Gasteiger partial charge in [0, 0.05) is 5.56 Å². The zero-order chi connectivity index (χ0) is 27.9. The van der Waals surface area contributed by atoms with Crippen LogP contribution in [0.5, 0.6) is 11.5 Å². The molecule has 0 heterocycles. The van der Waals surface area contributed by atoms with Crippen LogP contribution in [0.4, 0.5) is 17.6 Å². The van der Waals surface area contributed by atoms with Gasteiger partial charge in [0.2, 0.25) is 5.82 Å². The fraction of sp³-hybridized carbons (Fsp3) is 0.406. The van der Waals surface area contributed by atoms with Crippen molar-refractivity contribution in [1.29, 1.82) is 0 Å². The van der Waals surface area contributed by atoms with Gasteiger partial charge in [0.1, 0.15) is 5.75 Å². The van der Waals surface area contributed by atoms with Gasteiger partial charge in [0.25, 0.3) is 0 Å². The maximum Gasteiger partial charge on any atom is 0.346 e. The Labute approximate surface area is 227 Å². The Hall–Kier alpha value is -3.35. The van der Waals surface area contributed by atoms with Gasteiger partial charge in [-0.25, -0.2) is 18.0 Å². The molecule has 0 radical (unpaired) electrons. The van der Waals surface area contributed by atoms with E-state index >= 15 is 0 Å². The van der Waals surface area contributed by atoms with E-state index in [1.165, 1.54) is 48.5 Å². The van der Waals surface area contributed by atoms with Crippen LogP contribution in [0.2, 0.25) is 0 Å². The van der Waals surface area contributed by atoms with E-state index in [0.717, 1.165) is 51.4 Å². The van der Waals surface area contributed by atoms with E-state index in [4.69, 9.17) is 9.47 Å². The molecule has 3 aromatic rings. The number of unbranched alkanes of at least 4 members (excludes halogenated alkanes) is 3. The number of carbonyl (C=O) groups excluding carboxylic acids is 1. The maximum absolute atomic E-state index is 14.8. The first-order valence-corrected chi connectivity index (χ1v) is 13.7. The highest BCUT2D eigenvalue weighted by Crippen LogP contribution is 2.37. The van der Waals surface area contributed by atoms with Crippen molar-refractivity contribution in [2.75, 3.05) is 6.61 Å². The maximum atomic E-state index is 14.8. The van der Waals surface area contributed by atoms with Gasteiger partial charge in [-0.3, -0.25) is 0 Å². The van der Waals surface area contributed by atoms with Crippen LogP contribution in [-0.2, 0) is 0 Å². The normalized spacial score (nSPS) is 17.2. The molecule has 0 amide bonds. The lowest BCUT2D eigenvalue weighted by Crippen LogP contribution is -2.16. The Morgan fingerprint density at radius 1 is 0.795 bits per heavy atom. The van der Waals surface area contributed by atoms with Crippen LogP contribution in [-0.4, -0.2) is 12.6 Å². The van der Waals surface area contributed by atoms with Crippen LogP contribution < -0.4 is 9.47 Å². The third-order valence-electron chi connectivity index (χ3n) is 7.47. The van der Waals surface area contributed by atoms with Crippen LogP contribution in [0, 0.1) is 29.2 Å². The molecule has 0 atom stereocenters. The van der Waals surface area contributed by atoms with Crippen LogP contribution in [0.1, 0.15) is 87.1 Å². The fourth-order valence-corrected chi connectivity index (χ4v) is 5.05. The third-order valence-corrected chi connectivity index (χ3v) is 7.47. The fourth-order valence-electron chi connectivity index (χ4n) is 5.05. The first-order chi connectivity index (χ1) is 18.8. The minimum Gasteiger partial charge on any atom is -0.490 e. The monoisotopic (exact) mass is 542 g/mol. The molecule has 0 aliphatic heterocycles. The first kappa shape index (κ1) is 28.7. The molecule has 0 unspecified atom stereocenters. The Bertz CT molecular complexity index is 1280. The van der Waals surface area contributed by atoms with Crippen LogP contribution >= 0.6 is 0 Å². The number of hydrogen-bond acceptors (Lipinski definition) is 3. The van der Waals surface area contributed by atoms with Crippen molar-refractivity contribution in [1.82, 2.24) is 0 Å². The van der Waals surface area contributed by atoms with E-state index in [0.29, 0.717) is 23.7 Å². The van der Waals surface area contributed by atoms with Gasteiger partial charge in [-0.15, -0.1) is 0 Å². The number of ether oxygens (including phenoxy) is 2. The summed E-state index contributed by atoms with van der Waals surface area (Å²) >= 11 is 0. The van der Waals surface area contributed by atoms with Crippen molar-refractivity contribution >= 4 is 5.97 Å². The van der Waals surface area contributed by atoms with E-state index in [2.05, 4.69) is 13.8 Å². The molecular formula is C32H34F4O3. The second kappa shape index (κ2) is 13.1. The van der Waals surface area contributed by atoms with Crippen molar-refractivity contribution < 1.29 is 31.8 Å². The molecule has 208 valence electrons.